The number of aliphatic hydroxyl groups excluding tert-OH is 1. The number of hydrogen-bond donors (Lipinski definition) is 1. The second kappa shape index (κ2) is 5.75. The van der Waals surface area contributed by atoms with Crippen LogP contribution in [0.4, 0.5) is 0 Å². The summed E-state index contributed by atoms with van der Waals surface area (Å²) in [5.41, 5.74) is 2.88. The van der Waals surface area contributed by atoms with Gasteiger partial charge >= 0.3 is 0 Å². The molecule has 1 N–H and O–H groups in total. The molecular weight excluding hydrogens is 267 g/mol. The number of benzene rings is 2. The molecule has 3 heteroatoms. The van der Waals surface area contributed by atoms with Crippen LogP contribution in [0, 0.1) is 6.92 Å². The van der Waals surface area contributed by atoms with E-state index >= 15 is 0 Å². The van der Waals surface area contributed by atoms with Gasteiger partial charge in [-0.15, -0.1) is 0 Å². The lowest BCUT2D eigenvalue weighted by atomic mass is 10.00. The van der Waals surface area contributed by atoms with Crippen molar-refractivity contribution in [3.05, 3.63) is 69.2 Å². The van der Waals surface area contributed by atoms with Crippen molar-refractivity contribution >= 4 is 23.2 Å². The van der Waals surface area contributed by atoms with Crippen molar-refractivity contribution in [1.29, 1.82) is 0 Å². The number of halogens is 2. The van der Waals surface area contributed by atoms with Crippen LogP contribution in [0.1, 0.15) is 22.8 Å². The molecule has 2 rings (SSSR count). The zero-order valence-corrected chi connectivity index (χ0v) is 11.5. The first kappa shape index (κ1) is 13.4. The van der Waals surface area contributed by atoms with Gasteiger partial charge in [0.15, 0.2) is 0 Å². The van der Waals surface area contributed by atoms with Crippen LogP contribution in [-0.2, 0) is 6.42 Å². The van der Waals surface area contributed by atoms with Crippen LogP contribution in [-0.4, -0.2) is 5.11 Å². The molecule has 0 aliphatic heterocycles. The first-order chi connectivity index (χ1) is 8.54. The quantitative estimate of drug-likeness (QED) is 0.873. The highest BCUT2D eigenvalue weighted by molar-refractivity contribution is 6.31. The van der Waals surface area contributed by atoms with Crippen LogP contribution < -0.4 is 0 Å². The predicted molar refractivity (Wildman–Crippen MR) is 76.3 cm³/mol. The summed E-state index contributed by atoms with van der Waals surface area (Å²) >= 11 is 11.9. The summed E-state index contributed by atoms with van der Waals surface area (Å²) in [6.07, 6.45) is -0.0405. The van der Waals surface area contributed by atoms with E-state index < -0.39 is 6.10 Å². The standard InChI is InChI=1S/C15H14Cl2O/c1-10-5-12(9-14(17)6-10)15(18)8-11-3-2-4-13(16)7-11/h2-7,9,15,18H,8H2,1H3. The van der Waals surface area contributed by atoms with Gasteiger partial charge in [-0.25, -0.2) is 0 Å². The van der Waals surface area contributed by atoms with Gasteiger partial charge in [0.1, 0.15) is 0 Å². The van der Waals surface area contributed by atoms with Gasteiger partial charge in [-0.05, 0) is 47.9 Å². The third kappa shape index (κ3) is 3.49. The Morgan fingerprint density at radius 2 is 1.83 bits per heavy atom. The van der Waals surface area contributed by atoms with Crippen LogP contribution in [0.15, 0.2) is 42.5 Å². The van der Waals surface area contributed by atoms with Crippen molar-refractivity contribution < 1.29 is 5.11 Å². The number of aryl methyl sites for hydroxylation is 1. The molecule has 0 radical (unpaired) electrons. The third-order valence-electron chi connectivity index (χ3n) is 2.77. The smallest absolute Gasteiger partial charge is 0.0831 e. The Kier molecular flexibility index (Phi) is 4.28. The first-order valence-electron chi connectivity index (χ1n) is 5.74. The van der Waals surface area contributed by atoms with Gasteiger partial charge in [0.25, 0.3) is 0 Å². The van der Waals surface area contributed by atoms with Gasteiger partial charge < -0.3 is 5.11 Å². The Labute approximate surface area is 117 Å². The van der Waals surface area contributed by atoms with Crippen molar-refractivity contribution in [3.8, 4) is 0 Å². The molecule has 0 aliphatic rings. The minimum Gasteiger partial charge on any atom is -0.388 e. The highest BCUT2D eigenvalue weighted by Crippen LogP contribution is 2.24. The number of aliphatic hydroxyl groups is 1. The second-order valence-electron chi connectivity index (χ2n) is 4.41. The summed E-state index contributed by atoms with van der Waals surface area (Å²) in [4.78, 5) is 0. The van der Waals surface area contributed by atoms with Crippen molar-refractivity contribution in [3.63, 3.8) is 0 Å². The van der Waals surface area contributed by atoms with Gasteiger partial charge in [-0.2, -0.15) is 0 Å². The Hall–Kier alpha value is -1.02. The van der Waals surface area contributed by atoms with E-state index in [0.29, 0.717) is 16.5 Å². The van der Waals surface area contributed by atoms with E-state index in [1.807, 2.05) is 43.3 Å². The molecule has 0 saturated heterocycles. The monoisotopic (exact) mass is 280 g/mol. The van der Waals surface area contributed by atoms with Gasteiger partial charge in [-0.3, -0.25) is 0 Å². The lowest BCUT2D eigenvalue weighted by Crippen LogP contribution is -2.02. The maximum absolute atomic E-state index is 10.2. The molecule has 0 saturated carbocycles. The first-order valence-corrected chi connectivity index (χ1v) is 6.50. The minimum atomic E-state index is -0.569. The Balaban J connectivity index is 2.19. The molecule has 2 aromatic carbocycles. The molecule has 1 unspecified atom stereocenters. The van der Waals surface area contributed by atoms with E-state index in [1.165, 1.54) is 0 Å². The van der Waals surface area contributed by atoms with Crippen LogP contribution in [0.25, 0.3) is 0 Å². The van der Waals surface area contributed by atoms with Gasteiger partial charge in [-0.1, -0.05) is 41.4 Å². The van der Waals surface area contributed by atoms with Gasteiger partial charge in [0, 0.05) is 16.5 Å². The van der Waals surface area contributed by atoms with Gasteiger partial charge in [0.2, 0.25) is 0 Å². The molecule has 0 bridgehead atoms. The van der Waals surface area contributed by atoms with Crippen molar-refractivity contribution in [2.75, 3.05) is 0 Å². The van der Waals surface area contributed by atoms with Crippen LogP contribution in [0.2, 0.25) is 10.0 Å². The summed E-state index contributed by atoms with van der Waals surface area (Å²) in [5, 5.41) is 11.5. The van der Waals surface area contributed by atoms with Crippen LogP contribution in [0.3, 0.4) is 0 Å². The maximum Gasteiger partial charge on any atom is 0.0831 e. The molecule has 2 aromatic rings. The molecular formula is C15H14Cl2O. The van der Waals surface area contributed by atoms with E-state index in [1.54, 1.807) is 6.07 Å². The largest absolute Gasteiger partial charge is 0.388 e. The van der Waals surface area contributed by atoms with Crippen molar-refractivity contribution in [1.82, 2.24) is 0 Å². The summed E-state index contributed by atoms with van der Waals surface area (Å²) in [6.45, 7) is 1.96. The normalized spacial score (nSPS) is 12.4. The van der Waals surface area contributed by atoms with Crippen molar-refractivity contribution in [2.24, 2.45) is 0 Å². The molecule has 94 valence electrons. The molecule has 1 nitrogen and oxygen atoms in total. The predicted octanol–water partition coefficient (Wildman–Crippen LogP) is 4.58. The number of rotatable bonds is 3. The average molecular weight is 281 g/mol. The highest BCUT2D eigenvalue weighted by atomic mass is 35.5. The van der Waals surface area contributed by atoms with Crippen LogP contribution in [0.5, 0.6) is 0 Å². The van der Waals surface area contributed by atoms with E-state index in [4.69, 9.17) is 23.2 Å². The zero-order valence-electron chi connectivity index (χ0n) is 10.0. The summed E-state index contributed by atoms with van der Waals surface area (Å²) in [6, 6.07) is 13.1. The SMILES string of the molecule is Cc1cc(Cl)cc(C(O)Cc2cccc(Cl)c2)c1. The highest BCUT2D eigenvalue weighted by Gasteiger charge is 2.10. The summed E-state index contributed by atoms with van der Waals surface area (Å²) in [5.74, 6) is 0. The van der Waals surface area contributed by atoms with E-state index in [2.05, 4.69) is 0 Å². The Morgan fingerprint density at radius 3 is 2.50 bits per heavy atom. The molecule has 0 spiro atoms. The molecule has 1 atom stereocenters. The third-order valence-corrected chi connectivity index (χ3v) is 3.22. The molecule has 0 fully saturated rings. The lowest BCUT2D eigenvalue weighted by molar-refractivity contribution is 0.178. The van der Waals surface area contributed by atoms with Gasteiger partial charge in [0.05, 0.1) is 6.10 Å². The minimum absolute atomic E-state index is 0.528. The fourth-order valence-electron chi connectivity index (χ4n) is 1.96. The Bertz CT molecular complexity index is 532. The topological polar surface area (TPSA) is 20.2 Å². The average Bonchev–Trinajstić information content (AvgIpc) is 2.27. The zero-order chi connectivity index (χ0) is 13.1. The molecule has 0 aliphatic carbocycles. The molecule has 18 heavy (non-hydrogen) atoms. The lowest BCUT2D eigenvalue weighted by Gasteiger charge is -2.12. The second-order valence-corrected chi connectivity index (χ2v) is 5.28. The fourth-order valence-corrected chi connectivity index (χ4v) is 2.47. The van der Waals surface area contributed by atoms with E-state index in [-0.39, 0.29) is 0 Å². The summed E-state index contributed by atoms with van der Waals surface area (Å²) in [7, 11) is 0. The fraction of sp³-hybridized carbons (Fsp3) is 0.200. The Morgan fingerprint density at radius 1 is 1.06 bits per heavy atom. The molecule has 0 aromatic heterocycles. The molecule has 0 heterocycles. The maximum atomic E-state index is 10.2. The molecule has 0 amide bonds. The van der Waals surface area contributed by atoms with Crippen molar-refractivity contribution in [2.45, 2.75) is 19.4 Å². The van der Waals surface area contributed by atoms with Crippen LogP contribution >= 0.6 is 23.2 Å². The number of hydrogen-bond acceptors (Lipinski definition) is 1. The van der Waals surface area contributed by atoms with E-state index in [9.17, 15) is 5.11 Å². The summed E-state index contributed by atoms with van der Waals surface area (Å²) < 4.78 is 0. The van der Waals surface area contributed by atoms with E-state index in [0.717, 1.165) is 16.7 Å².